The highest BCUT2D eigenvalue weighted by Gasteiger charge is 2.18. The van der Waals surface area contributed by atoms with Gasteiger partial charge >= 0.3 is 0 Å². The second kappa shape index (κ2) is 4.64. The average molecular weight is 315 g/mol. The Morgan fingerprint density at radius 1 is 1.44 bits per heavy atom. The summed E-state index contributed by atoms with van der Waals surface area (Å²) in [6.45, 7) is 1.09. The number of halogens is 1. The van der Waals surface area contributed by atoms with Gasteiger partial charge in [0.2, 0.25) is 0 Å². The van der Waals surface area contributed by atoms with Gasteiger partial charge in [-0.3, -0.25) is 0 Å². The van der Waals surface area contributed by atoms with Crippen LogP contribution < -0.4 is 5.32 Å². The van der Waals surface area contributed by atoms with E-state index in [4.69, 9.17) is 4.98 Å². The summed E-state index contributed by atoms with van der Waals surface area (Å²) in [6.07, 6.45) is 0. The molecular weight excluding hydrogens is 304 g/mol. The summed E-state index contributed by atoms with van der Waals surface area (Å²) >= 11 is 7.29. The maximum atomic E-state index is 4.71. The number of nitrogens with one attached hydrogen (secondary N) is 1. The molecule has 0 bridgehead atoms. The van der Waals surface area contributed by atoms with E-state index in [9.17, 15) is 0 Å². The summed E-state index contributed by atoms with van der Waals surface area (Å²) in [7, 11) is 0. The van der Waals surface area contributed by atoms with Crippen molar-refractivity contribution in [2.75, 3.05) is 18.1 Å². The number of rotatable bonds is 1. The molecule has 1 atom stereocenters. The standard InChI is InChI=1S/C11H11BrN2S2/c12-7-1-2-10-8(5-7)14-11(16-10)9-6-15-4-3-13-9/h1-2,5,9,13H,3-4,6H2. The SMILES string of the molecule is Brc1ccc2sc(C3CSCCN3)nc2c1. The number of thioether (sulfide) groups is 1. The van der Waals surface area contributed by atoms with Crippen molar-refractivity contribution in [1.29, 1.82) is 0 Å². The van der Waals surface area contributed by atoms with Gasteiger partial charge in [-0.25, -0.2) is 4.98 Å². The molecule has 5 heteroatoms. The molecule has 0 spiro atoms. The van der Waals surface area contributed by atoms with Crippen LogP contribution in [0.25, 0.3) is 10.2 Å². The molecule has 1 saturated heterocycles. The van der Waals surface area contributed by atoms with Crippen LogP contribution in [-0.4, -0.2) is 23.0 Å². The lowest BCUT2D eigenvalue weighted by atomic mass is 10.3. The number of nitrogens with zero attached hydrogens (tertiary/aromatic N) is 1. The highest BCUT2D eigenvalue weighted by molar-refractivity contribution is 9.10. The summed E-state index contributed by atoms with van der Waals surface area (Å²) in [5, 5.41) is 4.75. The normalized spacial score (nSPS) is 21.4. The van der Waals surface area contributed by atoms with Gasteiger partial charge in [0.15, 0.2) is 0 Å². The van der Waals surface area contributed by atoms with Crippen molar-refractivity contribution < 1.29 is 0 Å². The Hall–Kier alpha value is -0.100. The molecule has 0 saturated carbocycles. The van der Waals surface area contributed by atoms with Crippen LogP contribution in [-0.2, 0) is 0 Å². The topological polar surface area (TPSA) is 24.9 Å². The van der Waals surface area contributed by atoms with E-state index in [1.165, 1.54) is 15.5 Å². The van der Waals surface area contributed by atoms with Crippen LogP contribution in [0, 0.1) is 0 Å². The van der Waals surface area contributed by atoms with Crippen molar-refractivity contribution in [3.05, 3.63) is 27.7 Å². The summed E-state index contributed by atoms with van der Waals surface area (Å²) in [6, 6.07) is 6.74. The highest BCUT2D eigenvalue weighted by Crippen LogP contribution is 2.31. The lowest BCUT2D eigenvalue weighted by Crippen LogP contribution is -2.30. The van der Waals surface area contributed by atoms with Crippen molar-refractivity contribution in [2.45, 2.75) is 6.04 Å². The number of thiazole rings is 1. The maximum absolute atomic E-state index is 4.71. The smallest absolute Gasteiger partial charge is 0.112 e. The van der Waals surface area contributed by atoms with Gasteiger partial charge in [-0.2, -0.15) is 11.8 Å². The molecule has 3 rings (SSSR count). The predicted molar refractivity (Wildman–Crippen MR) is 75.4 cm³/mol. The largest absolute Gasteiger partial charge is 0.306 e. The molecule has 1 aliphatic rings. The summed E-state index contributed by atoms with van der Waals surface area (Å²) in [5.74, 6) is 2.36. The number of hydrogen-bond acceptors (Lipinski definition) is 4. The second-order valence-electron chi connectivity index (χ2n) is 3.75. The van der Waals surface area contributed by atoms with Crippen LogP contribution in [0.15, 0.2) is 22.7 Å². The molecule has 1 aromatic carbocycles. The molecule has 2 nitrogen and oxygen atoms in total. The summed E-state index contributed by atoms with van der Waals surface area (Å²) in [5.41, 5.74) is 1.10. The lowest BCUT2D eigenvalue weighted by molar-refractivity contribution is 0.593. The zero-order chi connectivity index (χ0) is 11.0. The van der Waals surface area contributed by atoms with Crippen LogP contribution in [0.5, 0.6) is 0 Å². The molecule has 1 unspecified atom stereocenters. The predicted octanol–water partition coefficient (Wildman–Crippen LogP) is 3.44. The van der Waals surface area contributed by atoms with E-state index in [2.05, 4.69) is 39.4 Å². The fraction of sp³-hybridized carbons (Fsp3) is 0.364. The monoisotopic (exact) mass is 314 g/mol. The number of hydrogen-bond donors (Lipinski definition) is 1. The Morgan fingerprint density at radius 2 is 2.38 bits per heavy atom. The van der Waals surface area contributed by atoms with Gasteiger partial charge in [0.05, 0.1) is 16.3 Å². The third-order valence-electron chi connectivity index (χ3n) is 2.59. The van der Waals surface area contributed by atoms with Gasteiger partial charge in [-0.15, -0.1) is 11.3 Å². The van der Waals surface area contributed by atoms with Gasteiger partial charge in [-0.1, -0.05) is 15.9 Å². The van der Waals surface area contributed by atoms with E-state index in [0.29, 0.717) is 6.04 Å². The van der Waals surface area contributed by atoms with E-state index >= 15 is 0 Å². The fourth-order valence-electron chi connectivity index (χ4n) is 1.79. The van der Waals surface area contributed by atoms with Crippen molar-refractivity contribution in [2.24, 2.45) is 0 Å². The van der Waals surface area contributed by atoms with Crippen molar-refractivity contribution in [1.82, 2.24) is 10.3 Å². The zero-order valence-corrected chi connectivity index (χ0v) is 11.8. The van der Waals surface area contributed by atoms with Crippen molar-refractivity contribution in [3.63, 3.8) is 0 Å². The van der Waals surface area contributed by atoms with Crippen LogP contribution in [0.2, 0.25) is 0 Å². The minimum atomic E-state index is 0.440. The van der Waals surface area contributed by atoms with E-state index in [-0.39, 0.29) is 0 Å². The lowest BCUT2D eigenvalue weighted by Gasteiger charge is -2.20. The Balaban J connectivity index is 1.97. The van der Waals surface area contributed by atoms with Crippen LogP contribution >= 0.6 is 39.0 Å². The molecule has 1 fully saturated rings. The molecule has 0 aliphatic carbocycles. The maximum Gasteiger partial charge on any atom is 0.112 e. The van der Waals surface area contributed by atoms with Crippen molar-refractivity contribution >= 4 is 49.2 Å². The van der Waals surface area contributed by atoms with Gasteiger partial charge in [0, 0.05) is 22.5 Å². The average Bonchev–Trinajstić information content (AvgIpc) is 2.73. The van der Waals surface area contributed by atoms with Gasteiger partial charge in [0.25, 0.3) is 0 Å². The van der Waals surface area contributed by atoms with E-state index in [1.54, 1.807) is 11.3 Å². The fourth-order valence-corrected chi connectivity index (χ4v) is 4.21. The minimum Gasteiger partial charge on any atom is -0.306 e. The Bertz CT molecular complexity index is 506. The zero-order valence-electron chi connectivity index (χ0n) is 8.57. The molecule has 2 aromatic rings. The molecule has 2 heterocycles. The summed E-state index contributed by atoms with van der Waals surface area (Å²) < 4.78 is 2.37. The molecule has 16 heavy (non-hydrogen) atoms. The molecule has 0 amide bonds. The van der Waals surface area contributed by atoms with Gasteiger partial charge in [0.1, 0.15) is 5.01 Å². The van der Waals surface area contributed by atoms with E-state index in [1.807, 2.05) is 11.8 Å². The number of fused-ring (bicyclic) bond motifs is 1. The molecule has 1 aliphatic heterocycles. The van der Waals surface area contributed by atoms with Crippen LogP contribution in [0.4, 0.5) is 0 Å². The molecule has 84 valence electrons. The molecule has 1 aromatic heterocycles. The first-order valence-electron chi connectivity index (χ1n) is 5.20. The van der Waals surface area contributed by atoms with Gasteiger partial charge in [-0.05, 0) is 18.2 Å². The van der Waals surface area contributed by atoms with E-state index in [0.717, 1.165) is 22.3 Å². The van der Waals surface area contributed by atoms with Crippen LogP contribution in [0.3, 0.4) is 0 Å². The quantitative estimate of drug-likeness (QED) is 0.873. The molecular formula is C11H11BrN2S2. The highest BCUT2D eigenvalue weighted by atomic mass is 79.9. The first-order valence-corrected chi connectivity index (χ1v) is 7.96. The minimum absolute atomic E-state index is 0.440. The first-order chi connectivity index (χ1) is 7.83. The molecule has 0 radical (unpaired) electrons. The second-order valence-corrected chi connectivity index (χ2v) is 6.87. The molecule has 1 N–H and O–H groups in total. The Morgan fingerprint density at radius 3 is 3.19 bits per heavy atom. The summed E-state index contributed by atoms with van der Waals surface area (Å²) in [4.78, 5) is 4.71. The Kier molecular flexibility index (Phi) is 3.20. The van der Waals surface area contributed by atoms with E-state index < -0.39 is 0 Å². The Labute approximate surface area is 111 Å². The number of benzene rings is 1. The third-order valence-corrected chi connectivity index (χ3v) is 5.29. The van der Waals surface area contributed by atoms with Crippen molar-refractivity contribution in [3.8, 4) is 0 Å². The first kappa shape index (κ1) is 11.0. The third kappa shape index (κ3) is 2.14. The van der Waals surface area contributed by atoms with Crippen LogP contribution in [0.1, 0.15) is 11.0 Å². The number of aromatic nitrogens is 1. The van der Waals surface area contributed by atoms with Gasteiger partial charge < -0.3 is 5.32 Å².